The van der Waals surface area contributed by atoms with Crippen molar-refractivity contribution in [1.82, 2.24) is 9.97 Å². The summed E-state index contributed by atoms with van der Waals surface area (Å²) >= 11 is 1.40. The van der Waals surface area contributed by atoms with Gasteiger partial charge in [-0.2, -0.15) is 0 Å². The van der Waals surface area contributed by atoms with Crippen molar-refractivity contribution in [1.29, 1.82) is 0 Å². The second-order valence-corrected chi connectivity index (χ2v) is 2.38. The Morgan fingerprint density at radius 3 is 2.64 bits per heavy atom. The Morgan fingerprint density at radius 2 is 2.18 bits per heavy atom. The lowest BCUT2D eigenvalue weighted by atomic mass is 10.4. The van der Waals surface area contributed by atoms with E-state index in [0.29, 0.717) is 17.8 Å². The molecule has 0 aromatic carbocycles. The van der Waals surface area contributed by atoms with E-state index in [-0.39, 0.29) is 0 Å². The third-order valence-electron chi connectivity index (χ3n) is 1.00. The van der Waals surface area contributed by atoms with Crippen molar-refractivity contribution in [2.75, 3.05) is 11.0 Å². The van der Waals surface area contributed by atoms with Gasteiger partial charge in [0.15, 0.2) is 6.29 Å². The van der Waals surface area contributed by atoms with Gasteiger partial charge >= 0.3 is 0 Å². The number of nitrogens with zero attached hydrogens (tertiary/aromatic N) is 2. The fourth-order valence-corrected chi connectivity index (χ4v) is 0.831. The Balaban J connectivity index is 2.74. The van der Waals surface area contributed by atoms with E-state index in [1.807, 2.05) is 6.26 Å². The van der Waals surface area contributed by atoms with Gasteiger partial charge in [0.1, 0.15) is 0 Å². The normalized spacial score (nSPS) is 9.18. The number of rotatable bonds is 3. The maximum Gasteiger partial charge on any atom is 0.232 e. The number of aldehydes is 1. The Bertz CT molecular complexity index is 236. The average molecular weight is 169 g/mol. The van der Waals surface area contributed by atoms with Crippen LogP contribution in [0.1, 0.15) is 10.4 Å². The van der Waals surface area contributed by atoms with E-state index in [9.17, 15) is 4.79 Å². The van der Waals surface area contributed by atoms with Gasteiger partial charge in [-0.3, -0.25) is 9.52 Å². The minimum Gasteiger partial charge on any atom is -0.298 e. The predicted molar refractivity (Wildman–Crippen MR) is 44.6 cm³/mol. The first-order valence-corrected chi connectivity index (χ1v) is 4.15. The molecule has 1 aromatic rings. The summed E-state index contributed by atoms with van der Waals surface area (Å²) in [6, 6.07) is 0. The minimum atomic E-state index is 0.483. The molecule has 0 spiro atoms. The van der Waals surface area contributed by atoms with Crippen LogP contribution in [0.25, 0.3) is 0 Å². The van der Waals surface area contributed by atoms with Crippen LogP contribution in [0.3, 0.4) is 0 Å². The Kier molecular flexibility index (Phi) is 2.85. The number of nitrogens with one attached hydrogen (secondary N) is 1. The van der Waals surface area contributed by atoms with Gasteiger partial charge in [0.2, 0.25) is 5.95 Å². The molecule has 5 heteroatoms. The maximum atomic E-state index is 10.2. The van der Waals surface area contributed by atoms with E-state index in [1.165, 1.54) is 24.3 Å². The van der Waals surface area contributed by atoms with E-state index in [0.717, 1.165) is 0 Å². The molecule has 0 amide bonds. The molecule has 0 saturated carbocycles. The van der Waals surface area contributed by atoms with Crippen LogP contribution in [-0.2, 0) is 0 Å². The van der Waals surface area contributed by atoms with Crippen LogP contribution in [-0.4, -0.2) is 22.5 Å². The summed E-state index contributed by atoms with van der Waals surface area (Å²) in [6.07, 6.45) is 5.52. The van der Waals surface area contributed by atoms with Crippen LogP contribution in [0.15, 0.2) is 12.4 Å². The first kappa shape index (κ1) is 8.00. The lowest BCUT2D eigenvalue weighted by Crippen LogP contribution is -1.94. The van der Waals surface area contributed by atoms with Crippen LogP contribution in [0, 0.1) is 0 Å². The van der Waals surface area contributed by atoms with Gasteiger partial charge in [-0.15, -0.1) is 0 Å². The number of hydrogen-bond acceptors (Lipinski definition) is 5. The van der Waals surface area contributed by atoms with Crippen LogP contribution < -0.4 is 4.72 Å². The monoisotopic (exact) mass is 169 g/mol. The standard InChI is InChI=1S/C6H7N3OS/c1-11-9-6-7-2-5(4-10)3-8-6/h2-4H,1H3,(H,7,8,9). The van der Waals surface area contributed by atoms with Crippen molar-refractivity contribution < 1.29 is 4.79 Å². The second-order valence-electron chi connectivity index (χ2n) is 1.76. The molecule has 0 saturated heterocycles. The van der Waals surface area contributed by atoms with Crippen molar-refractivity contribution in [2.24, 2.45) is 0 Å². The number of hydrogen-bond donors (Lipinski definition) is 1. The van der Waals surface area contributed by atoms with Crippen molar-refractivity contribution in [3.05, 3.63) is 18.0 Å². The molecule has 0 unspecified atom stereocenters. The van der Waals surface area contributed by atoms with Gasteiger partial charge in [-0.1, -0.05) is 11.9 Å². The molecule has 4 nitrogen and oxygen atoms in total. The van der Waals surface area contributed by atoms with Gasteiger partial charge in [0.25, 0.3) is 0 Å². The second kappa shape index (κ2) is 3.92. The van der Waals surface area contributed by atoms with Crippen LogP contribution in [0.2, 0.25) is 0 Å². The number of carbonyl (C=O) groups is 1. The molecular weight excluding hydrogens is 162 g/mol. The zero-order chi connectivity index (χ0) is 8.10. The zero-order valence-electron chi connectivity index (χ0n) is 5.94. The molecule has 0 fully saturated rings. The summed E-state index contributed by atoms with van der Waals surface area (Å²) in [4.78, 5) is 17.9. The van der Waals surface area contributed by atoms with Gasteiger partial charge < -0.3 is 0 Å². The summed E-state index contributed by atoms with van der Waals surface area (Å²) in [5.41, 5.74) is 0.483. The van der Waals surface area contributed by atoms with E-state index in [4.69, 9.17) is 0 Å². The molecule has 0 aliphatic heterocycles. The summed E-state index contributed by atoms with van der Waals surface area (Å²) in [6.45, 7) is 0. The summed E-state index contributed by atoms with van der Waals surface area (Å²) < 4.78 is 2.84. The van der Waals surface area contributed by atoms with Crippen molar-refractivity contribution in [2.45, 2.75) is 0 Å². The molecule has 0 atom stereocenters. The molecule has 58 valence electrons. The number of aromatic nitrogens is 2. The van der Waals surface area contributed by atoms with E-state index >= 15 is 0 Å². The first-order chi connectivity index (χ1) is 5.36. The Hall–Kier alpha value is -1.10. The molecule has 1 heterocycles. The Morgan fingerprint density at radius 1 is 1.55 bits per heavy atom. The lowest BCUT2D eigenvalue weighted by molar-refractivity contribution is 0.112. The predicted octanol–water partition coefficient (Wildman–Crippen LogP) is 0.979. The third-order valence-corrected chi connectivity index (χ3v) is 1.39. The van der Waals surface area contributed by atoms with Crippen LogP contribution >= 0.6 is 11.9 Å². The smallest absolute Gasteiger partial charge is 0.232 e. The van der Waals surface area contributed by atoms with Crippen LogP contribution in [0.5, 0.6) is 0 Å². The molecular formula is C6H7N3OS. The highest BCUT2D eigenvalue weighted by molar-refractivity contribution is 7.99. The van der Waals surface area contributed by atoms with Gasteiger partial charge in [-0.05, 0) is 0 Å². The highest BCUT2D eigenvalue weighted by Crippen LogP contribution is 2.01. The maximum absolute atomic E-state index is 10.2. The molecule has 11 heavy (non-hydrogen) atoms. The summed E-state index contributed by atoms with van der Waals surface area (Å²) in [7, 11) is 0. The number of carbonyl (C=O) groups excluding carboxylic acids is 1. The number of anilines is 1. The van der Waals surface area contributed by atoms with E-state index < -0.39 is 0 Å². The molecule has 1 rings (SSSR count). The lowest BCUT2D eigenvalue weighted by Gasteiger charge is -1.97. The largest absolute Gasteiger partial charge is 0.298 e. The molecule has 0 aliphatic carbocycles. The highest BCUT2D eigenvalue weighted by Gasteiger charge is 1.93. The Labute approximate surface area is 68.6 Å². The average Bonchev–Trinajstić information content (AvgIpc) is 2.07. The summed E-state index contributed by atoms with van der Waals surface area (Å²) in [5.74, 6) is 0.517. The quantitative estimate of drug-likeness (QED) is 0.540. The SMILES string of the molecule is CSNc1ncc(C=O)cn1. The van der Waals surface area contributed by atoms with Crippen molar-refractivity contribution in [3.8, 4) is 0 Å². The summed E-state index contributed by atoms with van der Waals surface area (Å²) in [5, 5.41) is 0. The topological polar surface area (TPSA) is 54.9 Å². The zero-order valence-corrected chi connectivity index (χ0v) is 6.76. The van der Waals surface area contributed by atoms with Gasteiger partial charge in [0, 0.05) is 18.6 Å². The third kappa shape index (κ3) is 2.19. The molecule has 1 N–H and O–H groups in total. The van der Waals surface area contributed by atoms with E-state index in [2.05, 4.69) is 14.7 Å². The highest BCUT2D eigenvalue weighted by atomic mass is 32.2. The van der Waals surface area contributed by atoms with Gasteiger partial charge in [0.05, 0.1) is 5.56 Å². The fraction of sp³-hybridized carbons (Fsp3) is 0.167. The van der Waals surface area contributed by atoms with E-state index in [1.54, 1.807) is 0 Å². The minimum absolute atomic E-state index is 0.483. The molecule has 0 bridgehead atoms. The van der Waals surface area contributed by atoms with Crippen molar-refractivity contribution >= 4 is 24.2 Å². The molecule has 0 radical (unpaired) electrons. The molecule has 1 aromatic heterocycles. The fourth-order valence-electron chi connectivity index (χ4n) is 0.543. The van der Waals surface area contributed by atoms with Crippen LogP contribution in [0.4, 0.5) is 5.95 Å². The van der Waals surface area contributed by atoms with Gasteiger partial charge in [-0.25, -0.2) is 9.97 Å². The first-order valence-electron chi connectivity index (χ1n) is 2.93. The molecule has 0 aliphatic rings. The van der Waals surface area contributed by atoms with Crippen molar-refractivity contribution in [3.63, 3.8) is 0 Å².